The smallest absolute Gasteiger partial charge is 0.119 e. The van der Waals surface area contributed by atoms with Crippen LogP contribution >= 0.6 is 15.9 Å². The van der Waals surface area contributed by atoms with Crippen LogP contribution in [0.15, 0.2) is 28.7 Å². The van der Waals surface area contributed by atoms with Gasteiger partial charge < -0.3 is 9.47 Å². The summed E-state index contributed by atoms with van der Waals surface area (Å²) in [6, 6.07) is 7.83. The predicted molar refractivity (Wildman–Crippen MR) is 54.0 cm³/mol. The van der Waals surface area contributed by atoms with Gasteiger partial charge in [0.1, 0.15) is 12.4 Å². The molecular formula is C10H11BrO2. The van der Waals surface area contributed by atoms with Gasteiger partial charge in [-0.05, 0) is 24.3 Å². The maximum absolute atomic E-state index is 5.52. The second-order valence-electron chi connectivity index (χ2n) is 3.05. The Kier molecular flexibility index (Phi) is 2.86. The molecule has 2 nitrogen and oxygen atoms in total. The topological polar surface area (TPSA) is 18.5 Å². The summed E-state index contributed by atoms with van der Waals surface area (Å²) in [5.41, 5.74) is 0. The van der Waals surface area contributed by atoms with E-state index in [0.29, 0.717) is 12.7 Å². The Hall–Kier alpha value is -0.540. The van der Waals surface area contributed by atoms with Crippen molar-refractivity contribution in [2.24, 2.45) is 0 Å². The van der Waals surface area contributed by atoms with Crippen LogP contribution in [0.3, 0.4) is 0 Å². The number of rotatable bonds is 3. The fourth-order valence-electron chi connectivity index (χ4n) is 1.14. The van der Waals surface area contributed by atoms with Crippen molar-refractivity contribution in [2.45, 2.75) is 12.5 Å². The minimum Gasteiger partial charge on any atom is -0.491 e. The fraction of sp³-hybridized carbons (Fsp3) is 0.400. The summed E-state index contributed by atoms with van der Waals surface area (Å²) in [5, 5.41) is 0. The Morgan fingerprint density at radius 1 is 1.38 bits per heavy atom. The van der Waals surface area contributed by atoms with Gasteiger partial charge in [0.2, 0.25) is 0 Å². The van der Waals surface area contributed by atoms with E-state index in [9.17, 15) is 0 Å². The zero-order valence-electron chi connectivity index (χ0n) is 7.20. The molecule has 1 aromatic carbocycles. The lowest BCUT2D eigenvalue weighted by Crippen LogP contribution is -2.32. The summed E-state index contributed by atoms with van der Waals surface area (Å²) in [4.78, 5) is 0. The predicted octanol–water partition coefficient (Wildman–Crippen LogP) is 2.62. The molecule has 13 heavy (non-hydrogen) atoms. The normalized spacial score (nSPS) is 20.8. The third-order valence-electron chi connectivity index (χ3n) is 2.04. The van der Waals surface area contributed by atoms with E-state index in [0.717, 1.165) is 23.2 Å². The highest BCUT2D eigenvalue weighted by Crippen LogP contribution is 2.18. The quantitative estimate of drug-likeness (QED) is 0.812. The molecule has 0 N–H and O–H groups in total. The van der Waals surface area contributed by atoms with E-state index in [1.807, 2.05) is 24.3 Å². The van der Waals surface area contributed by atoms with Crippen molar-refractivity contribution in [1.82, 2.24) is 0 Å². The summed E-state index contributed by atoms with van der Waals surface area (Å²) in [6.07, 6.45) is 1.43. The Labute approximate surface area is 86.0 Å². The van der Waals surface area contributed by atoms with Crippen LogP contribution in [0.5, 0.6) is 5.75 Å². The highest BCUT2D eigenvalue weighted by molar-refractivity contribution is 9.10. The van der Waals surface area contributed by atoms with Gasteiger partial charge in [-0.1, -0.05) is 15.9 Å². The van der Waals surface area contributed by atoms with Gasteiger partial charge in [-0.15, -0.1) is 0 Å². The van der Waals surface area contributed by atoms with E-state index >= 15 is 0 Å². The van der Waals surface area contributed by atoms with Crippen LogP contribution in [0.1, 0.15) is 6.42 Å². The summed E-state index contributed by atoms with van der Waals surface area (Å²) >= 11 is 3.37. The average Bonchev–Trinajstić information content (AvgIpc) is 2.05. The van der Waals surface area contributed by atoms with Crippen molar-refractivity contribution in [2.75, 3.05) is 13.2 Å². The molecule has 2 rings (SSSR count). The molecular weight excluding hydrogens is 232 g/mol. The van der Waals surface area contributed by atoms with Crippen LogP contribution in [-0.4, -0.2) is 19.3 Å². The number of benzene rings is 1. The Morgan fingerprint density at radius 3 is 2.62 bits per heavy atom. The molecule has 1 aliphatic rings. The zero-order valence-corrected chi connectivity index (χ0v) is 8.79. The van der Waals surface area contributed by atoms with Gasteiger partial charge in [-0.2, -0.15) is 0 Å². The minimum absolute atomic E-state index is 0.309. The molecule has 1 aromatic rings. The molecule has 3 heteroatoms. The van der Waals surface area contributed by atoms with Crippen molar-refractivity contribution in [3.8, 4) is 5.75 Å². The molecule has 0 amide bonds. The third kappa shape index (κ3) is 2.45. The molecule has 1 atom stereocenters. The van der Waals surface area contributed by atoms with Crippen LogP contribution in [0.4, 0.5) is 0 Å². The number of ether oxygens (including phenoxy) is 2. The van der Waals surface area contributed by atoms with Crippen molar-refractivity contribution in [1.29, 1.82) is 0 Å². The largest absolute Gasteiger partial charge is 0.491 e. The van der Waals surface area contributed by atoms with Crippen molar-refractivity contribution in [3.05, 3.63) is 28.7 Å². The summed E-state index contributed by atoms with van der Waals surface area (Å²) in [6.45, 7) is 1.55. The van der Waals surface area contributed by atoms with Crippen molar-refractivity contribution >= 4 is 15.9 Å². The Morgan fingerprint density at radius 2 is 2.08 bits per heavy atom. The van der Waals surface area contributed by atoms with Crippen LogP contribution in [0, 0.1) is 0 Å². The first-order chi connectivity index (χ1) is 6.34. The fourth-order valence-corrected chi connectivity index (χ4v) is 1.40. The number of hydrogen-bond donors (Lipinski definition) is 0. The number of halogens is 1. The highest BCUT2D eigenvalue weighted by atomic mass is 79.9. The zero-order chi connectivity index (χ0) is 9.10. The van der Waals surface area contributed by atoms with Crippen molar-refractivity contribution in [3.63, 3.8) is 0 Å². The maximum Gasteiger partial charge on any atom is 0.119 e. The lowest BCUT2D eigenvalue weighted by Gasteiger charge is -2.26. The van der Waals surface area contributed by atoms with Gasteiger partial charge in [-0.25, -0.2) is 0 Å². The van der Waals surface area contributed by atoms with E-state index < -0.39 is 0 Å². The molecule has 0 spiro atoms. The SMILES string of the molecule is Brc1ccc(OCC2CCO2)cc1. The van der Waals surface area contributed by atoms with E-state index in [-0.39, 0.29) is 0 Å². The van der Waals surface area contributed by atoms with Gasteiger partial charge in [0.25, 0.3) is 0 Å². The van der Waals surface area contributed by atoms with Gasteiger partial charge in [0.15, 0.2) is 0 Å². The van der Waals surface area contributed by atoms with Crippen LogP contribution < -0.4 is 4.74 Å². The van der Waals surface area contributed by atoms with E-state index in [1.165, 1.54) is 0 Å². The Bertz CT molecular complexity index is 267. The molecule has 1 aliphatic heterocycles. The lowest BCUT2D eigenvalue weighted by molar-refractivity contribution is -0.0720. The minimum atomic E-state index is 0.309. The second-order valence-corrected chi connectivity index (χ2v) is 3.96. The van der Waals surface area contributed by atoms with E-state index in [4.69, 9.17) is 9.47 Å². The molecule has 1 unspecified atom stereocenters. The third-order valence-corrected chi connectivity index (χ3v) is 2.57. The van der Waals surface area contributed by atoms with Gasteiger partial charge in [0.05, 0.1) is 6.10 Å². The first kappa shape index (κ1) is 9.03. The van der Waals surface area contributed by atoms with Crippen LogP contribution in [-0.2, 0) is 4.74 Å². The maximum atomic E-state index is 5.52. The van der Waals surface area contributed by atoms with Gasteiger partial charge in [0, 0.05) is 17.5 Å². The van der Waals surface area contributed by atoms with Gasteiger partial charge >= 0.3 is 0 Å². The molecule has 1 heterocycles. The van der Waals surface area contributed by atoms with Crippen LogP contribution in [0.2, 0.25) is 0 Å². The summed E-state index contributed by atoms with van der Waals surface area (Å²) < 4.78 is 11.8. The second kappa shape index (κ2) is 4.11. The molecule has 0 radical (unpaired) electrons. The molecule has 0 aliphatic carbocycles. The van der Waals surface area contributed by atoms with Gasteiger partial charge in [-0.3, -0.25) is 0 Å². The summed E-state index contributed by atoms with van der Waals surface area (Å²) in [7, 11) is 0. The first-order valence-electron chi connectivity index (χ1n) is 4.34. The highest BCUT2D eigenvalue weighted by Gasteiger charge is 2.18. The molecule has 0 saturated carbocycles. The molecule has 1 saturated heterocycles. The Balaban J connectivity index is 1.83. The number of hydrogen-bond acceptors (Lipinski definition) is 2. The average molecular weight is 243 g/mol. The van der Waals surface area contributed by atoms with Crippen LogP contribution in [0.25, 0.3) is 0 Å². The molecule has 0 aromatic heterocycles. The lowest BCUT2D eigenvalue weighted by atomic mass is 10.2. The monoisotopic (exact) mass is 242 g/mol. The van der Waals surface area contributed by atoms with E-state index in [1.54, 1.807) is 0 Å². The molecule has 70 valence electrons. The summed E-state index contributed by atoms with van der Waals surface area (Å²) in [5.74, 6) is 0.902. The molecule has 1 fully saturated rings. The standard InChI is InChI=1S/C10H11BrO2/c11-8-1-3-9(4-2-8)13-7-10-5-6-12-10/h1-4,10H,5-7H2. The molecule has 0 bridgehead atoms. The first-order valence-corrected chi connectivity index (χ1v) is 5.14. The van der Waals surface area contributed by atoms with Crippen molar-refractivity contribution < 1.29 is 9.47 Å². The van der Waals surface area contributed by atoms with E-state index in [2.05, 4.69) is 15.9 Å².